The summed E-state index contributed by atoms with van der Waals surface area (Å²) in [5.41, 5.74) is 0.788. The lowest BCUT2D eigenvalue weighted by Crippen LogP contribution is -2.63. The van der Waals surface area contributed by atoms with Crippen LogP contribution in [0.3, 0.4) is 0 Å². The molecule has 0 aromatic heterocycles. The van der Waals surface area contributed by atoms with Crippen molar-refractivity contribution in [3.05, 3.63) is 83.9 Å². The van der Waals surface area contributed by atoms with Crippen LogP contribution in [0.5, 0.6) is 34.5 Å². The molecule has 2 heterocycles. The third kappa shape index (κ3) is 9.30. The third-order valence-corrected chi connectivity index (χ3v) is 10.9. The number of hydrogen-bond acceptors (Lipinski definition) is 10. The minimum absolute atomic E-state index is 0.270. The molecule has 2 fully saturated rings. The maximum absolute atomic E-state index is 15.1. The Hall–Kier alpha value is -4.94. The van der Waals surface area contributed by atoms with Crippen LogP contribution in [0.1, 0.15) is 60.6 Å². The average Bonchev–Trinajstić information content (AvgIpc) is 3.22. The molecule has 0 bridgehead atoms. The Kier molecular flexibility index (Phi) is 14.7. The number of likely N-dealkylation sites (tertiary alicyclic amines) is 1. The molecule has 0 saturated carbocycles. The summed E-state index contributed by atoms with van der Waals surface area (Å²) in [5, 5.41) is 11.5. The van der Waals surface area contributed by atoms with Gasteiger partial charge in [-0.2, -0.15) is 0 Å². The second-order valence-electron chi connectivity index (χ2n) is 13.9. The first-order valence-electron chi connectivity index (χ1n) is 18.9. The number of nitrogens with zero attached hydrogens (tertiary/aromatic N) is 2. The van der Waals surface area contributed by atoms with E-state index >= 15 is 4.79 Å². The highest BCUT2D eigenvalue weighted by atomic mass is 16.5. The number of allylic oxidation sites excluding steroid dienone is 1. The van der Waals surface area contributed by atoms with E-state index in [9.17, 15) is 9.90 Å². The number of benzene rings is 3. The minimum Gasteiger partial charge on any atom is -0.493 e. The molecule has 0 radical (unpaired) electrons. The predicted molar refractivity (Wildman–Crippen MR) is 209 cm³/mol. The Morgan fingerprint density at radius 2 is 1.56 bits per heavy atom. The van der Waals surface area contributed by atoms with E-state index in [-0.39, 0.29) is 25.3 Å². The Balaban J connectivity index is 1.57. The summed E-state index contributed by atoms with van der Waals surface area (Å²) in [6, 6.07) is 17.0. The quantitative estimate of drug-likeness (QED) is 0.138. The number of piperidine rings is 1. The monoisotopic (exact) mass is 760 g/mol. The molecule has 2 aliphatic rings. The van der Waals surface area contributed by atoms with Crippen LogP contribution in [0.2, 0.25) is 0 Å². The summed E-state index contributed by atoms with van der Waals surface area (Å²) in [7, 11) is 7.75. The number of methoxy groups -OCH3 is 5. The fourth-order valence-corrected chi connectivity index (χ4v) is 8.04. The van der Waals surface area contributed by atoms with Crippen LogP contribution >= 0.6 is 0 Å². The van der Waals surface area contributed by atoms with Gasteiger partial charge in [0.25, 0.3) is 0 Å². The van der Waals surface area contributed by atoms with Gasteiger partial charge in [-0.05, 0) is 91.6 Å². The van der Waals surface area contributed by atoms with Crippen LogP contribution in [0, 0.1) is 0 Å². The summed E-state index contributed by atoms with van der Waals surface area (Å²) in [6.07, 6.45) is 4.50. The molecular formula is C43H56N2O10. The molecule has 1 N–H and O–H groups in total. The molecule has 2 aliphatic heterocycles. The van der Waals surface area contributed by atoms with Gasteiger partial charge in [0.15, 0.2) is 23.0 Å². The SMILES string of the molecule is C=CC[C@H](C(=O)N1CCCC[C@@]1(C(=O)O)[C@H](CCc1ccc(OC)c(OC)c1)c1cccc(OCCN2CCOCC2)c1)c1cc(OC)c(OC)c(OC)c1. The lowest BCUT2D eigenvalue weighted by molar-refractivity contribution is -0.165. The number of aliphatic carboxylic acids is 1. The van der Waals surface area contributed by atoms with Gasteiger partial charge in [0, 0.05) is 32.1 Å². The Bertz CT molecular complexity index is 1730. The van der Waals surface area contributed by atoms with E-state index in [0.29, 0.717) is 85.6 Å². The van der Waals surface area contributed by atoms with Gasteiger partial charge in [-0.3, -0.25) is 9.69 Å². The highest BCUT2D eigenvalue weighted by Gasteiger charge is 2.54. The van der Waals surface area contributed by atoms with Crippen molar-refractivity contribution in [1.82, 2.24) is 9.80 Å². The number of rotatable bonds is 19. The van der Waals surface area contributed by atoms with E-state index in [1.165, 1.54) is 21.3 Å². The Morgan fingerprint density at radius 3 is 2.20 bits per heavy atom. The predicted octanol–water partition coefficient (Wildman–Crippen LogP) is 6.35. The molecule has 298 valence electrons. The van der Waals surface area contributed by atoms with E-state index in [1.54, 1.807) is 37.3 Å². The zero-order chi connectivity index (χ0) is 39.4. The van der Waals surface area contributed by atoms with Gasteiger partial charge in [-0.1, -0.05) is 24.3 Å². The molecule has 3 aromatic rings. The number of carboxylic acids is 1. The number of hydrogen-bond donors (Lipinski definition) is 1. The lowest BCUT2D eigenvalue weighted by Gasteiger charge is -2.50. The molecule has 0 unspecified atom stereocenters. The fraction of sp³-hybridized carbons (Fsp3) is 0.488. The summed E-state index contributed by atoms with van der Waals surface area (Å²) in [5.74, 6) is 0.350. The van der Waals surface area contributed by atoms with Crippen molar-refractivity contribution >= 4 is 11.9 Å². The number of carboxylic acid groups (broad SMARTS) is 1. The van der Waals surface area contributed by atoms with Gasteiger partial charge >= 0.3 is 5.97 Å². The van der Waals surface area contributed by atoms with E-state index < -0.39 is 23.3 Å². The lowest BCUT2D eigenvalue weighted by atomic mass is 9.69. The number of amides is 1. The van der Waals surface area contributed by atoms with Gasteiger partial charge in [-0.25, -0.2) is 4.79 Å². The van der Waals surface area contributed by atoms with Crippen molar-refractivity contribution < 1.29 is 47.9 Å². The molecule has 0 spiro atoms. The number of ether oxygens (including phenoxy) is 7. The van der Waals surface area contributed by atoms with E-state index in [0.717, 1.165) is 30.8 Å². The summed E-state index contributed by atoms with van der Waals surface area (Å²) in [6.45, 7) is 8.60. The normalized spacial score (nSPS) is 18.5. The Morgan fingerprint density at radius 1 is 0.855 bits per heavy atom. The highest BCUT2D eigenvalue weighted by molar-refractivity contribution is 5.92. The van der Waals surface area contributed by atoms with E-state index in [2.05, 4.69) is 11.5 Å². The second-order valence-corrected chi connectivity index (χ2v) is 13.9. The standard InChI is InChI=1S/C43H56N2O10/c1-7-11-34(32-28-38(51-4)40(53-6)39(29-32)52-5)41(46)45-19-9-8-18-43(45,42(47)48)35(16-14-30-15-17-36(49-2)37(26-30)50-3)31-12-10-13-33(27-31)55-25-22-44-20-23-54-24-21-44/h7,10,12-13,15,17,26-29,34-35H,1,8-9,11,14,16,18-25H2,2-6H3,(H,47,48)/t34-,35+,43-/m0/s1. The molecule has 12 nitrogen and oxygen atoms in total. The summed E-state index contributed by atoms with van der Waals surface area (Å²) in [4.78, 5) is 33.1. The van der Waals surface area contributed by atoms with Crippen LogP contribution < -0.4 is 28.4 Å². The van der Waals surface area contributed by atoms with Crippen LogP contribution in [0.15, 0.2) is 67.3 Å². The van der Waals surface area contributed by atoms with Crippen molar-refractivity contribution in [3.8, 4) is 34.5 Å². The van der Waals surface area contributed by atoms with Crippen molar-refractivity contribution in [2.24, 2.45) is 0 Å². The van der Waals surface area contributed by atoms with Gasteiger partial charge in [-0.15, -0.1) is 6.58 Å². The van der Waals surface area contributed by atoms with Crippen molar-refractivity contribution in [1.29, 1.82) is 0 Å². The van der Waals surface area contributed by atoms with E-state index in [1.807, 2.05) is 42.5 Å². The molecule has 0 aliphatic carbocycles. The smallest absolute Gasteiger partial charge is 0.330 e. The second kappa shape index (κ2) is 19.6. The molecule has 55 heavy (non-hydrogen) atoms. The van der Waals surface area contributed by atoms with Crippen LogP contribution in [-0.2, 0) is 20.7 Å². The number of carbonyl (C=O) groups excluding carboxylic acids is 1. The fourth-order valence-electron chi connectivity index (χ4n) is 8.04. The first-order chi connectivity index (χ1) is 26.7. The first-order valence-corrected chi connectivity index (χ1v) is 18.9. The molecular weight excluding hydrogens is 704 g/mol. The molecule has 2 saturated heterocycles. The average molecular weight is 761 g/mol. The Labute approximate surface area is 324 Å². The third-order valence-electron chi connectivity index (χ3n) is 10.9. The number of morpholine rings is 1. The number of aryl methyl sites for hydroxylation is 1. The van der Waals surface area contributed by atoms with Gasteiger partial charge in [0.2, 0.25) is 11.7 Å². The zero-order valence-electron chi connectivity index (χ0n) is 32.8. The van der Waals surface area contributed by atoms with Crippen LogP contribution in [-0.4, -0.2) is 114 Å². The molecule has 3 atom stereocenters. The zero-order valence-corrected chi connectivity index (χ0v) is 32.8. The summed E-state index contributed by atoms with van der Waals surface area (Å²) >= 11 is 0. The summed E-state index contributed by atoms with van der Waals surface area (Å²) < 4.78 is 39.7. The van der Waals surface area contributed by atoms with Crippen LogP contribution in [0.25, 0.3) is 0 Å². The van der Waals surface area contributed by atoms with Crippen molar-refractivity contribution in [2.75, 3.05) is 81.5 Å². The maximum Gasteiger partial charge on any atom is 0.330 e. The van der Waals surface area contributed by atoms with Gasteiger partial charge in [0.1, 0.15) is 17.9 Å². The molecule has 3 aromatic carbocycles. The minimum atomic E-state index is -1.57. The highest BCUT2D eigenvalue weighted by Crippen LogP contribution is 2.47. The molecule has 12 heteroatoms. The van der Waals surface area contributed by atoms with Crippen molar-refractivity contribution in [2.45, 2.75) is 55.9 Å². The largest absolute Gasteiger partial charge is 0.493 e. The molecule has 5 rings (SSSR count). The first kappa shape index (κ1) is 41.2. The van der Waals surface area contributed by atoms with Crippen LogP contribution in [0.4, 0.5) is 0 Å². The number of carbonyl (C=O) groups is 2. The van der Waals surface area contributed by atoms with Crippen molar-refractivity contribution in [3.63, 3.8) is 0 Å². The van der Waals surface area contributed by atoms with E-state index in [4.69, 9.17) is 33.2 Å². The molecule has 1 amide bonds. The van der Waals surface area contributed by atoms with Gasteiger partial charge < -0.3 is 43.2 Å². The van der Waals surface area contributed by atoms with Gasteiger partial charge in [0.05, 0.1) is 54.7 Å². The topological polar surface area (TPSA) is 125 Å². The maximum atomic E-state index is 15.1.